The normalized spacial score (nSPS) is 23.9. The van der Waals surface area contributed by atoms with Gasteiger partial charge >= 0.3 is 0 Å². The molecule has 3 heterocycles. The Morgan fingerprint density at radius 2 is 1.72 bits per heavy atom. The molecule has 0 radical (unpaired) electrons. The number of para-hydroxylation sites is 1. The maximum atomic E-state index is 11.1. The number of ether oxygens (including phenoxy) is 4. The van der Waals surface area contributed by atoms with Crippen molar-refractivity contribution in [1.29, 1.82) is 0 Å². The third-order valence-electron chi connectivity index (χ3n) is 6.98. The minimum Gasteiger partial charge on any atom is -0.463 e. The summed E-state index contributed by atoms with van der Waals surface area (Å²) in [4.78, 5) is 24.4. The topological polar surface area (TPSA) is 86.3 Å². The fourth-order valence-corrected chi connectivity index (χ4v) is 5.23. The number of nitrogens with one attached hydrogen (secondary N) is 1. The van der Waals surface area contributed by atoms with Crippen molar-refractivity contribution in [1.82, 2.24) is 4.90 Å². The van der Waals surface area contributed by atoms with Gasteiger partial charge in [-0.1, -0.05) is 48.5 Å². The number of nitrogens with zero attached hydrogens (tertiary/aromatic N) is 1. The first-order valence-electron chi connectivity index (χ1n) is 12.1. The maximum absolute atomic E-state index is 11.1. The Hall–Kier alpha value is -3.46. The average Bonchev–Trinajstić information content (AvgIpc) is 3.49. The molecule has 5 rings (SSSR count). The molecule has 0 saturated carbocycles. The number of morpholine rings is 1. The number of hydrogen-bond donors (Lipinski definition) is 1. The molecule has 2 aromatic rings. The van der Waals surface area contributed by atoms with Crippen molar-refractivity contribution in [3.05, 3.63) is 89.0 Å². The van der Waals surface area contributed by atoms with E-state index in [1.54, 1.807) is 0 Å². The highest BCUT2D eigenvalue weighted by atomic mass is 16.5. The Balaban J connectivity index is 1.49. The molecule has 1 fully saturated rings. The number of anilines is 1. The summed E-state index contributed by atoms with van der Waals surface area (Å²) in [6.07, 6.45) is 3.64. The van der Waals surface area contributed by atoms with E-state index < -0.39 is 5.60 Å². The summed E-state index contributed by atoms with van der Waals surface area (Å²) in [7, 11) is 0. The lowest BCUT2D eigenvalue weighted by Crippen LogP contribution is -2.41. The second-order valence-corrected chi connectivity index (χ2v) is 9.08. The monoisotopic (exact) mass is 490 g/mol. The Kier molecular flexibility index (Phi) is 7.46. The lowest BCUT2D eigenvalue weighted by molar-refractivity contribution is -0.129. The Morgan fingerprint density at radius 3 is 2.44 bits per heavy atom. The van der Waals surface area contributed by atoms with Gasteiger partial charge in [0.15, 0.2) is 0 Å². The maximum Gasteiger partial charge on any atom is 0.293 e. The highest BCUT2D eigenvalue weighted by Crippen LogP contribution is 2.51. The van der Waals surface area contributed by atoms with Gasteiger partial charge in [0.1, 0.15) is 24.9 Å². The molecule has 3 aliphatic heterocycles. The second-order valence-electron chi connectivity index (χ2n) is 9.08. The zero-order valence-corrected chi connectivity index (χ0v) is 20.0. The molecule has 1 N–H and O–H groups in total. The van der Waals surface area contributed by atoms with Crippen LogP contribution in [0.4, 0.5) is 5.69 Å². The zero-order valence-electron chi connectivity index (χ0n) is 20.0. The summed E-state index contributed by atoms with van der Waals surface area (Å²) in [6.45, 7) is 5.23. The third-order valence-corrected chi connectivity index (χ3v) is 6.98. The average molecular weight is 491 g/mol. The zero-order chi connectivity index (χ0) is 24.8. The van der Waals surface area contributed by atoms with Gasteiger partial charge in [-0.2, -0.15) is 0 Å². The van der Waals surface area contributed by atoms with Crippen LogP contribution >= 0.6 is 0 Å². The molecule has 1 saturated heterocycles. The summed E-state index contributed by atoms with van der Waals surface area (Å²) >= 11 is 0. The van der Waals surface area contributed by atoms with Crippen molar-refractivity contribution < 1.29 is 28.5 Å². The second kappa shape index (κ2) is 11.1. The molecular weight excluding hydrogens is 460 g/mol. The predicted molar refractivity (Wildman–Crippen MR) is 133 cm³/mol. The van der Waals surface area contributed by atoms with Gasteiger partial charge in [0.2, 0.25) is 0 Å². The SMILES string of the molecule is O=COCC1=C(COC=O)C2(C(Nc3ccccc3)c3ccc(CN4CCOCC4)cc3)C=CC1O2. The number of hydrogen-bond acceptors (Lipinski definition) is 8. The molecule has 8 heteroatoms. The largest absolute Gasteiger partial charge is 0.463 e. The standard InChI is InChI=1S/C28H30N2O6/c31-19-34-17-24-25(18-35-20-32)28(11-10-26(24)36-28)27(29-23-4-2-1-3-5-23)22-8-6-21(7-9-22)16-30-12-14-33-15-13-30/h1-11,19-20,26-27,29H,12-18H2. The fraction of sp³-hybridized carbons (Fsp3) is 0.357. The van der Waals surface area contributed by atoms with E-state index in [4.69, 9.17) is 18.9 Å². The van der Waals surface area contributed by atoms with Crippen LogP contribution in [0.25, 0.3) is 0 Å². The quantitative estimate of drug-likeness (QED) is 0.359. The van der Waals surface area contributed by atoms with Gasteiger partial charge in [-0.3, -0.25) is 14.5 Å². The molecular formula is C28H30N2O6. The molecule has 188 valence electrons. The van der Waals surface area contributed by atoms with Crippen LogP contribution in [0.3, 0.4) is 0 Å². The van der Waals surface area contributed by atoms with Crippen molar-refractivity contribution in [3.63, 3.8) is 0 Å². The van der Waals surface area contributed by atoms with E-state index >= 15 is 0 Å². The number of carbonyl (C=O) groups excluding carboxylic acids is 2. The first kappa shape index (κ1) is 24.2. The summed E-state index contributed by atoms with van der Waals surface area (Å²) in [5.41, 5.74) is 3.87. The molecule has 36 heavy (non-hydrogen) atoms. The molecule has 0 spiro atoms. The van der Waals surface area contributed by atoms with Gasteiger partial charge in [0.25, 0.3) is 12.9 Å². The van der Waals surface area contributed by atoms with E-state index in [1.807, 2.05) is 42.5 Å². The van der Waals surface area contributed by atoms with E-state index in [0.717, 1.165) is 55.2 Å². The lowest BCUT2D eigenvalue weighted by Gasteiger charge is -2.37. The first-order valence-corrected chi connectivity index (χ1v) is 12.1. The Morgan fingerprint density at radius 1 is 1.00 bits per heavy atom. The van der Waals surface area contributed by atoms with E-state index in [2.05, 4.69) is 34.5 Å². The van der Waals surface area contributed by atoms with Crippen LogP contribution in [0.2, 0.25) is 0 Å². The Labute approximate surface area is 210 Å². The van der Waals surface area contributed by atoms with Gasteiger partial charge in [-0.05, 0) is 29.3 Å². The number of fused-ring (bicyclic) bond motifs is 2. The van der Waals surface area contributed by atoms with E-state index in [-0.39, 0.29) is 25.4 Å². The van der Waals surface area contributed by atoms with Gasteiger partial charge in [0.05, 0.1) is 19.3 Å². The van der Waals surface area contributed by atoms with Crippen LogP contribution in [0.5, 0.6) is 0 Å². The molecule has 8 nitrogen and oxygen atoms in total. The molecule has 3 unspecified atom stereocenters. The summed E-state index contributed by atoms with van der Waals surface area (Å²) in [5.74, 6) is 0. The van der Waals surface area contributed by atoms with Gasteiger partial charge < -0.3 is 24.3 Å². The minimum atomic E-state index is -0.906. The molecule has 0 amide bonds. The summed E-state index contributed by atoms with van der Waals surface area (Å²) in [6, 6.07) is 18.1. The number of carbonyl (C=O) groups is 2. The van der Waals surface area contributed by atoms with Crippen molar-refractivity contribution in [3.8, 4) is 0 Å². The highest BCUT2D eigenvalue weighted by molar-refractivity contribution is 5.56. The molecule has 0 aliphatic carbocycles. The molecule has 2 aromatic carbocycles. The lowest BCUT2D eigenvalue weighted by atomic mass is 9.79. The molecule has 3 atom stereocenters. The van der Waals surface area contributed by atoms with Crippen LogP contribution in [0, 0.1) is 0 Å². The minimum absolute atomic E-state index is 0.0456. The van der Waals surface area contributed by atoms with Crippen LogP contribution in [0.1, 0.15) is 17.2 Å². The summed E-state index contributed by atoms with van der Waals surface area (Å²) in [5, 5.41) is 3.65. The van der Waals surface area contributed by atoms with E-state index in [0.29, 0.717) is 12.9 Å². The van der Waals surface area contributed by atoms with Gasteiger partial charge in [0, 0.05) is 36.5 Å². The van der Waals surface area contributed by atoms with Crippen molar-refractivity contribution in [2.45, 2.75) is 24.3 Å². The van der Waals surface area contributed by atoms with Crippen molar-refractivity contribution >= 4 is 18.6 Å². The van der Waals surface area contributed by atoms with E-state index in [9.17, 15) is 9.59 Å². The third kappa shape index (κ3) is 4.93. The van der Waals surface area contributed by atoms with Crippen LogP contribution in [0.15, 0.2) is 77.9 Å². The van der Waals surface area contributed by atoms with Gasteiger partial charge in [-0.15, -0.1) is 0 Å². The van der Waals surface area contributed by atoms with Crippen LogP contribution < -0.4 is 5.32 Å². The number of rotatable bonds is 12. The Bertz CT molecular complexity index is 1110. The summed E-state index contributed by atoms with van der Waals surface area (Å²) < 4.78 is 22.3. The molecule has 2 bridgehead atoms. The van der Waals surface area contributed by atoms with E-state index in [1.165, 1.54) is 5.56 Å². The van der Waals surface area contributed by atoms with Crippen LogP contribution in [-0.4, -0.2) is 69.1 Å². The smallest absolute Gasteiger partial charge is 0.293 e. The van der Waals surface area contributed by atoms with Crippen molar-refractivity contribution in [2.75, 3.05) is 44.8 Å². The first-order chi connectivity index (χ1) is 17.7. The molecule has 0 aromatic heterocycles. The molecule has 3 aliphatic rings. The van der Waals surface area contributed by atoms with Gasteiger partial charge in [-0.25, -0.2) is 0 Å². The van der Waals surface area contributed by atoms with Crippen molar-refractivity contribution in [2.24, 2.45) is 0 Å². The highest BCUT2D eigenvalue weighted by Gasteiger charge is 2.54. The van der Waals surface area contributed by atoms with Crippen LogP contribution in [-0.2, 0) is 35.1 Å². The predicted octanol–water partition coefficient (Wildman–Crippen LogP) is 3.02. The number of benzene rings is 2. The fourth-order valence-electron chi connectivity index (χ4n) is 5.23.